The van der Waals surface area contributed by atoms with Gasteiger partial charge in [0.15, 0.2) is 0 Å². The third-order valence-corrected chi connectivity index (χ3v) is 4.82. The van der Waals surface area contributed by atoms with Crippen molar-refractivity contribution < 1.29 is 9.53 Å². The molecule has 1 aromatic heterocycles. The average molecular weight is 368 g/mol. The zero-order valence-electron chi connectivity index (χ0n) is 16.0. The van der Waals surface area contributed by atoms with Crippen LogP contribution in [-0.2, 0) is 9.53 Å². The van der Waals surface area contributed by atoms with Crippen LogP contribution in [0.1, 0.15) is 19.4 Å². The Hall–Kier alpha value is -2.44. The Morgan fingerprint density at radius 2 is 2.00 bits per heavy atom. The number of nitrogens with one attached hydrogen (secondary N) is 1. The molecule has 0 bridgehead atoms. The smallest absolute Gasteiger partial charge is 0.244 e. The molecule has 1 atom stereocenters. The van der Waals surface area contributed by atoms with E-state index in [1.165, 1.54) is 0 Å². The summed E-state index contributed by atoms with van der Waals surface area (Å²) in [5.41, 5.74) is 1.88. The van der Waals surface area contributed by atoms with Gasteiger partial charge in [0.25, 0.3) is 0 Å². The molecule has 1 aliphatic heterocycles. The lowest BCUT2D eigenvalue weighted by atomic mass is 10.0. The van der Waals surface area contributed by atoms with E-state index in [4.69, 9.17) is 4.74 Å². The third kappa shape index (κ3) is 5.52. The summed E-state index contributed by atoms with van der Waals surface area (Å²) in [6.45, 7) is 8.41. The maximum absolute atomic E-state index is 12.2. The van der Waals surface area contributed by atoms with Gasteiger partial charge in [-0.3, -0.25) is 9.69 Å². The van der Waals surface area contributed by atoms with Gasteiger partial charge in [-0.25, -0.2) is 4.68 Å². The first-order valence-electron chi connectivity index (χ1n) is 9.51. The van der Waals surface area contributed by atoms with E-state index in [1.807, 2.05) is 36.5 Å². The van der Waals surface area contributed by atoms with Crippen molar-refractivity contribution in [3.05, 3.63) is 54.4 Å². The van der Waals surface area contributed by atoms with Crippen LogP contribution < -0.4 is 5.32 Å². The summed E-state index contributed by atoms with van der Waals surface area (Å²) in [5.74, 6) is 0.387. The second kappa shape index (κ2) is 9.48. The van der Waals surface area contributed by atoms with Crippen LogP contribution in [0.15, 0.2) is 48.8 Å². The summed E-state index contributed by atoms with van der Waals surface area (Å²) in [4.78, 5) is 14.6. The van der Waals surface area contributed by atoms with Crippen LogP contribution in [0.2, 0.25) is 0 Å². The number of hydrogen-bond acceptors (Lipinski definition) is 4. The van der Waals surface area contributed by atoms with E-state index >= 15 is 0 Å². The fourth-order valence-corrected chi connectivity index (χ4v) is 3.28. The first-order valence-corrected chi connectivity index (χ1v) is 9.51. The van der Waals surface area contributed by atoms with Gasteiger partial charge < -0.3 is 10.1 Å². The molecule has 2 heterocycles. The Morgan fingerprint density at radius 1 is 1.26 bits per heavy atom. The lowest BCUT2D eigenvalue weighted by Crippen LogP contribution is -2.51. The Kier molecular flexibility index (Phi) is 6.79. The van der Waals surface area contributed by atoms with Crippen LogP contribution in [-0.4, -0.2) is 59.5 Å². The molecule has 1 fully saturated rings. The number of para-hydroxylation sites is 1. The quantitative estimate of drug-likeness (QED) is 0.762. The number of carbonyl (C=O) groups is 1. The van der Waals surface area contributed by atoms with Crippen LogP contribution >= 0.6 is 0 Å². The van der Waals surface area contributed by atoms with Crippen molar-refractivity contribution in [2.24, 2.45) is 5.92 Å². The number of carbonyl (C=O) groups excluding carboxylic acids is 1. The van der Waals surface area contributed by atoms with Crippen molar-refractivity contribution in [3.8, 4) is 5.69 Å². The van der Waals surface area contributed by atoms with Gasteiger partial charge in [-0.1, -0.05) is 32.0 Å². The number of benzene rings is 1. The van der Waals surface area contributed by atoms with E-state index in [2.05, 4.69) is 29.2 Å². The van der Waals surface area contributed by atoms with Crippen LogP contribution in [0.25, 0.3) is 11.8 Å². The van der Waals surface area contributed by atoms with Gasteiger partial charge in [0.1, 0.15) is 0 Å². The summed E-state index contributed by atoms with van der Waals surface area (Å²) in [6.07, 6.45) is 7.02. The molecule has 27 heavy (non-hydrogen) atoms. The van der Waals surface area contributed by atoms with E-state index in [-0.39, 0.29) is 5.91 Å². The highest BCUT2D eigenvalue weighted by molar-refractivity contribution is 5.91. The van der Waals surface area contributed by atoms with Gasteiger partial charge in [-0.15, -0.1) is 0 Å². The second-order valence-corrected chi connectivity index (χ2v) is 7.09. The van der Waals surface area contributed by atoms with Crippen molar-refractivity contribution in [1.82, 2.24) is 20.0 Å². The number of amides is 1. The van der Waals surface area contributed by atoms with Crippen LogP contribution in [0.5, 0.6) is 0 Å². The highest BCUT2D eigenvalue weighted by atomic mass is 16.5. The van der Waals surface area contributed by atoms with E-state index in [1.54, 1.807) is 23.0 Å². The van der Waals surface area contributed by atoms with Crippen LogP contribution in [0, 0.1) is 5.92 Å². The minimum atomic E-state index is -0.0821. The van der Waals surface area contributed by atoms with Crippen LogP contribution in [0.3, 0.4) is 0 Å². The molecule has 1 aromatic carbocycles. The minimum absolute atomic E-state index is 0.0821. The molecule has 0 spiro atoms. The van der Waals surface area contributed by atoms with E-state index in [0.29, 0.717) is 18.5 Å². The molecular formula is C21H28N4O2. The average Bonchev–Trinajstić information content (AvgIpc) is 3.17. The van der Waals surface area contributed by atoms with Gasteiger partial charge in [-0.2, -0.15) is 5.10 Å². The standard InChI is InChI=1S/C21H28N4O2/c1-17(2)20(24-10-12-27-13-11-24)15-22-21(26)9-8-18-14-23-25(16-18)19-6-4-3-5-7-19/h3-9,14,16-17,20H,10-13,15H2,1-2H3,(H,22,26)/b9-8+. The molecule has 0 saturated carbocycles. The van der Waals surface area contributed by atoms with Gasteiger partial charge in [-0.05, 0) is 24.1 Å². The lowest BCUT2D eigenvalue weighted by Gasteiger charge is -2.36. The molecule has 1 amide bonds. The highest BCUT2D eigenvalue weighted by Crippen LogP contribution is 2.12. The predicted molar refractivity (Wildman–Crippen MR) is 107 cm³/mol. The van der Waals surface area contributed by atoms with Gasteiger partial charge >= 0.3 is 0 Å². The number of aromatic nitrogens is 2. The number of rotatable bonds is 7. The maximum Gasteiger partial charge on any atom is 0.244 e. The number of morpholine rings is 1. The van der Waals surface area contributed by atoms with Gasteiger partial charge in [0.2, 0.25) is 5.91 Å². The molecule has 3 rings (SSSR count). The molecule has 1 saturated heterocycles. The first kappa shape index (κ1) is 19.3. The van der Waals surface area contributed by atoms with Gasteiger partial charge in [0, 0.05) is 43.5 Å². The van der Waals surface area contributed by atoms with Crippen molar-refractivity contribution in [3.63, 3.8) is 0 Å². The fraction of sp³-hybridized carbons (Fsp3) is 0.429. The largest absolute Gasteiger partial charge is 0.379 e. The molecule has 6 heteroatoms. The monoisotopic (exact) mass is 368 g/mol. The molecule has 1 unspecified atom stereocenters. The molecule has 2 aromatic rings. The summed E-state index contributed by atoms with van der Waals surface area (Å²) >= 11 is 0. The molecular weight excluding hydrogens is 340 g/mol. The molecule has 6 nitrogen and oxygen atoms in total. The Balaban J connectivity index is 1.53. The number of ether oxygens (including phenoxy) is 1. The maximum atomic E-state index is 12.2. The summed E-state index contributed by atoms with van der Waals surface area (Å²) < 4.78 is 7.23. The predicted octanol–water partition coefficient (Wildman–Crippen LogP) is 2.36. The molecule has 0 radical (unpaired) electrons. The highest BCUT2D eigenvalue weighted by Gasteiger charge is 2.23. The third-order valence-electron chi connectivity index (χ3n) is 4.82. The Bertz CT molecular complexity index is 749. The van der Waals surface area contributed by atoms with Crippen LogP contribution in [0.4, 0.5) is 0 Å². The zero-order valence-corrected chi connectivity index (χ0v) is 16.0. The summed E-state index contributed by atoms with van der Waals surface area (Å²) in [7, 11) is 0. The molecule has 0 aliphatic carbocycles. The first-order chi connectivity index (χ1) is 13.1. The lowest BCUT2D eigenvalue weighted by molar-refractivity contribution is -0.116. The summed E-state index contributed by atoms with van der Waals surface area (Å²) in [6, 6.07) is 10.2. The number of hydrogen-bond donors (Lipinski definition) is 1. The second-order valence-electron chi connectivity index (χ2n) is 7.09. The topological polar surface area (TPSA) is 59.4 Å². The number of nitrogens with zero attached hydrogens (tertiary/aromatic N) is 3. The SMILES string of the molecule is CC(C)C(CNC(=O)/C=C/c1cnn(-c2ccccc2)c1)N1CCOCC1. The Labute approximate surface area is 160 Å². The molecule has 1 aliphatic rings. The molecule has 144 valence electrons. The van der Waals surface area contributed by atoms with E-state index in [9.17, 15) is 4.79 Å². The van der Waals surface area contributed by atoms with Crippen molar-refractivity contribution in [1.29, 1.82) is 0 Å². The Morgan fingerprint density at radius 3 is 2.70 bits per heavy atom. The van der Waals surface area contributed by atoms with Crippen molar-refractivity contribution >= 4 is 12.0 Å². The van der Waals surface area contributed by atoms with E-state index < -0.39 is 0 Å². The summed E-state index contributed by atoms with van der Waals surface area (Å²) in [5, 5.41) is 7.37. The van der Waals surface area contributed by atoms with Crippen molar-refractivity contribution in [2.75, 3.05) is 32.8 Å². The minimum Gasteiger partial charge on any atom is -0.379 e. The molecule has 1 N–H and O–H groups in total. The van der Waals surface area contributed by atoms with Gasteiger partial charge in [0.05, 0.1) is 25.1 Å². The normalized spacial score (nSPS) is 16.7. The zero-order chi connectivity index (χ0) is 19.1. The van der Waals surface area contributed by atoms with E-state index in [0.717, 1.165) is 37.6 Å². The fourth-order valence-electron chi connectivity index (χ4n) is 3.28. The van der Waals surface area contributed by atoms with Crippen molar-refractivity contribution in [2.45, 2.75) is 19.9 Å².